The van der Waals surface area contributed by atoms with E-state index < -0.39 is 20.0 Å². The fraction of sp³-hybridized carbons (Fsp3) is 0.780. The molecule has 1 amide bonds. The Morgan fingerprint density at radius 3 is 1.49 bits per heavy atom. The summed E-state index contributed by atoms with van der Waals surface area (Å²) in [6.07, 6.45) is 54.4. The normalized spacial score (nSPS) is 14.8. The monoisotopic (exact) mass is 850 g/mol. The molecule has 0 fully saturated rings. The quantitative estimate of drug-likeness (QED) is 0.0244. The van der Waals surface area contributed by atoms with Crippen LogP contribution in [0.5, 0.6) is 0 Å². The predicted octanol–water partition coefficient (Wildman–Crippen LogP) is 13.8. The second-order valence-electron chi connectivity index (χ2n) is 17.5. The van der Waals surface area contributed by atoms with E-state index in [2.05, 4.69) is 79.9 Å². The molecule has 59 heavy (non-hydrogen) atoms. The fourth-order valence-corrected chi connectivity index (χ4v) is 7.46. The molecule has 8 nitrogen and oxygen atoms in total. The zero-order valence-corrected chi connectivity index (χ0v) is 39.9. The highest BCUT2D eigenvalue weighted by Gasteiger charge is 2.28. The number of quaternary nitrogens is 1. The number of nitrogens with zero attached hydrogens (tertiary/aromatic N) is 1. The largest absolute Gasteiger partial charge is 0.472 e. The smallest absolute Gasteiger partial charge is 0.391 e. The van der Waals surface area contributed by atoms with E-state index in [1.807, 2.05) is 21.1 Å². The van der Waals surface area contributed by atoms with Crippen molar-refractivity contribution in [2.45, 2.75) is 212 Å². The summed E-state index contributed by atoms with van der Waals surface area (Å²) < 4.78 is 23.5. The van der Waals surface area contributed by atoms with Crippen molar-refractivity contribution in [3.8, 4) is 0 Å². The minimum absolute atomic E-state index is 0.0727. The molecule has 3 N–H and O–H groups in total. The minimum Gasteiger partial charge on any atom is -0.391 e. The van der Waals surface area contributed by atoms with E-state index in [0.29, 0.717) is 23.9 Å². The molecule has 0 aromatic carbocycles. The molecule has 0 rings (SSSR count). The number of amides is 1. The van der Waals surface area contributed by atoms with E-state index in [-0.39, 0.29) is 19.1 Å². The van der Waals surface area contributed by atoms with Crippen LogP contribution in [0.15, 0.2) is 60.8 Å². The number of likely N-dealkylation sites (N-methyl/N-ethyl adjacent to an activating group) is 1. The lowest BCUT2D eigenvalue weighted by Crippen LogP contribution is -2.46. The van der Waals surface area contributed by atoms with Crippen molar-refractivity contribution in [2.24, 2.45) is 0 Å². The lowest BCUT2D eigenvalue weighted by Gasteiger charge is -2.26. The Balaban J connectivity index is 3.92. The van der Waals surface area contributed by atoms with Crippen LogP contribution >= 0.6 is 7.82 Å². The van der Waals surface area contributed by atoms with Gasteiger partial charge in [-0.25, -0.2) is 4.57 Å². The zero-order chi connectivity index (χ0) is 43.6. The van der Waals surface area contributed by atoms with Crippen molar-refractivity contribution >= 4 is 13.7 Å². The average molecular weight is 850 g/mol. The van der Waals surface area contributed by atoms with Crippen LogP contribution in [0.1, 0.15) is 200 Å². The van der Waals surface area contributed by atoms with E-state index in [1.54, 1.807) is 0 Å². The Hall–Kier alpha value is -1.80. The van der Waals surface area contributed by atoms with Crippen LogP contribution in [0, 0.1) is 0 Å². The van der Waals surface area contributed by atoms with E-state index >= 15 is 0 Å². The van der Waals surface area contributed by atoms with Gasteiger partial charge in [0.15, 0.2) is 0 Å². The highest BCUT2D eigenvalue weighted by atomic mass is 31.2. The van der Waals surface area contributed by atoms with Gasteiger partial charge >= 0.3 is 7.82 Å². The van der Waals surface area contributed by atoms with Crippen LogP contribution in [0.2, 0.25) is 0 Å². The van der Waals surface area contributed by atoms with Gasteiger partial charge in [-0.1, -0.05) is 197 Å². The van der Waals surface area contributed by atoms with Crippen molar-refractivity contribution in [1.82, 2.24) is 5.32 Å². The summed E-state index contributed by atoms with van der Waals surface area (Å²) in [7, 11) is 1.61. The number of hydrogen-bond donors (Lipinski definition) is 3. The molecule has 0 bridgehead atoms. The first-order valence-electron chi connectivity index (χ1n) is 24.2. The first-order valence-corrected chi connectivity index (χ1v) is 25.6. The second kappa shape index (κ2) is 41.5. The molecule has 0 spiro atoms. The van der Waals surface area contributed by atoms with Gasteiger partial charge in [-0.2, -0.15) is 0 Å². The summed E-state index contributed by atoms with van der Waals surface area (Å²) >= 11 is 0. The van der Waals surface area contributed by atoms with Gasteiger partial charge < -0.3 is 19.8 Å². The number of aliphatic hydroxyl groups excluding tert-OH is 1. The summed E-state index contributed by atoms with van der Waals surface area (Å²) in [6.45, 7) is 4.70. The molecule has 0 heterocycles. The van der Waals surface area contributed by atoms with E-state index in [9.17, 15) is 19.4 Å². The third kappa shape index (κ3) is 44.1. The number of unbranched alkanes of at least 4 members (excludes halogenated alkanes) is 20. The van der Waals surface area contributed by atoms with Crippen molar-refractivity contribution in [2.75, 3.05) is 40.9 Å². The lowest BCUT2D eigenvalue weighted by molar-refractivity contribution is -0.870. The molecule has 3 unspecified atom stereocenters. The molecule has 0 aromatic rings. The Bertz CT molecular complexity index is 1140. The number of rotatable bonds is 43. The maximum absolute atomic E-state index is 12.8. The average Bonchev–Trinajstić information content (AvgIpc) is 3.19. The van der Waals surface area contributed by atoms with Crippen LogP contribution in [0.4, 0.5) is 0 Å². The molecule has 0 saturated carbocycles. The number of aliphatic hydroxyl groups is 1. The fourth-order valence-electron chi connectivity index (χ4n) is 6.72. The third-order valence-electron chi connectivity index (χ3n) is 10.5. The highest BCUT2D eigenvalue weighted by Crippen LogP contribution is 2.43. The number of hydrogen-bond acceptors (Lipinski definition) is 5. The second-order valence-corrected chi connectivity index (χ2v) is 18.9. The third-order valence-corrected chi connectivity index (χ3v) is 11.5. The van der Waals surface area contributed by atoms with Crippen LogP contribution in [-0.4, -0.2) is 73.4 Å². The van der Waals surface area contributed by atoms with E-state index in [0.717, 1.165) is 70.6 Å². The van der Waals surface area contributed by atoms with Gasteiger partial charge in [-0.15, -0.1) is 0 Å². The van der Waals surface area contributed by atoms with Crippen molar-refractivity contribution in [3.05, 3.63) is 60.8 Å². The lowest BCUT2D eigenvalue weighted by atomic mass is 10.0. The van der Waals surface area contributed by atoms with Gasteiger partial charge in [0.25, 0.3) is 0 Å². The molecule has 3 atom stereocenters. The topological polar surface area (TPSA) is 105 Å². The Kier molecular flexibility index (Phi) is 40.3. The van der Waals surface area contributed by atoms with Gasteiger partial charge in [0.2, 0.25) is 5.91 Å². The van der Waals surface area contributed by atoms with Gasteiger partial charge in [0.05, 0.1) is 39.9 Å². The number of allylic oxidation sites excluding steroid dienone is 10. The van der Waals surface area contributed by atoms with E-state index in [4.69, 9.17) is 9.05 Å². The molecule has 0 aromatic heterocycles. The molecule has 0 aliphatic carbocycles. The Labute approximate surface area is 364 Å². The van der Waals surface area contributed by atoms with Crippen molar-refractivity contribution < 1.29 is 32.9 Å². The van der Waals surface area contributed by atoms with Gasteiger partial charge in [0, 0.05) is 6.42 Å². The first-order chi connectivity index (χ1) is 28.5. The Morgan fingerprint density at radius 2 is 1.02 bits per heavy atom. The van der Waals surface area contributed by atoms with Crippen LogP contribution in [0.25, 0.3) is 0 Å². The molecule has 0 aliphatic rings. The Morgan fingerprint density at radius 1 is 0.593 bits per heavy atom. The standard InChI is InChI=1S/C50H93N2O6P/c1-6-8-10-12-14-15-16-17-18-19-20-21-22-23-24-25-26-27-28-29-30-31-32-33-34-35-36-37-38-40-42-44-50(54)51-48(49(53)43-41-39-13-11-9-7-2)47-58-59(55,56)57-46-45-52(3,4)5/h8,10,14-15,17-18,20-21,23-24,48-49,53H,6-7,9,11-13,16,19,22,25-47H2,1-5H3,(H-,51,54,55,56)/p+1/b10-8-,15-14-,18-17-,21-20-,24-23-. The minimum atomic E-state index is -4.30. The van der Waals surface area contributed by atoms with E-state index in [1.165, 1.54) is 103 Å². The summed E-state index contributed by atoms with van der Waals surface area (Å²) in [6, 6.07) is -0.758. The molecule has 9 heteroatoms. The summed E-state index contributed by atoms with van der Waals surface area (Å²) in [4.78, 5) is 23.0. The van der Waals surface area contributed by atoms with Crippen LogP contribution in [-0.2, 0) is 18.4 Å². The predicted molar refractivity (Wildman–Crippen MR) is 254 cm³/mol. The maximum Gasteiger partial charge on any atom is 0.472 e. The summed E-state index contributed by atoms with van der Waals surface area (Å²) in [5.41, 5.74) is 0. The van der Waals surface area contributed by atoms with Crippen LogP contribution in [0.3, 0.4) is 0 Å². The molecular formula is C50H94N2O6P+. The van der Waals surface area contributed by atoms with Gasteiger partial charge in [-0.3, -0.25) is 13.8 Å². The number of phosphoric acid groups is 1. The maximum atomic E-state index is 12.8. The number of phosphoric ester groups is 1. The molecule has 344 valence electrons. The molecule has 0 aliphatic heterocycles. The van der Waals surface area contributed by atoms with Gasteiger partial charge in [0.1, 0.15) is 13.2 Å². The summed E-state index contributed by atoms with van der Waals surface area (Å²) in [5.74, 6) is -0.152. The highest BCUT2D eigenvalue weighted by molar-refractivity contribution is 7.47. The molecule has 0 radical (unpaired) electrons. The number of carbonyl (C=O) groups is 1. The number of carbonyl (C=O) groups excluding carboxylic acids is 1. The number of nitrogens with one attached hydrogen (secondary N) is 1. The SMILES string of the molecule is CC/C=C\C/C=C\C/C=C\C/C=C\C/C=C\CCCCCCCCCCCCCCCCCC(=O)NC(COP(=O)(O)OCC[N+](C)(C)C)C(O)CCCCCCCC. The van der Waals surface area contributed by atoms with Gasteiger partial charge in [-0.05, 0) is 57.8 Å². The first kappa shape index (κ1) is 57.2. The van der Waals surface area contributed by atoms with Crippen molar-refractivity contribution in [1.29, 1.82) is 0 Å². The van der Waals surface area contributed by atoms with Crippen LogP contribution < -0.4 is 5.32 Å². The summed E-state index contributed by atoms with van der Waals surface area (Å²) in [5, 5.41) is 13.8. The molecule has 0 saturated heterocycles. The van der Waals surface area contributed by atoms with Crippen molar-refractivity contribution in [3.63, 3.8) is 0 Å². The molecular weight excluding hydrogens is 756 g/mol. The zero-order valence-electron chi connectivity index (χ0n) is 39.0.